The van der Waals surface area contributed by atoms with Crippen LogP contribution in [0.2, 0.25) is 5.02 Å². The second-order valence-corrected chi connectivity index (χ2v) is 3.17. The number of rotatable bonds is 3. The molecule has 0 aliphatic carbocycles. The molecular formula is C9H10ClNS. The van der Waals surface area contributed by atoms with Gasteiger partial charge < -0.3 is 0 Å². The topological polar surface area (TPSA) is 12.9 Å². The Morgan fingerprint density at radius 1 is 1.58 bits per heavy atom. The molecule has 0 atom stereocenters. The van der Waals surface area contributed by atoms with Crippen molar-refractivity contribution in [3.8, 4) is 0 Å². The summed E-state index contributed by atoms with van der Waals surface area (Å²) >= 11 is 9.97. The summed E-state index contributed by atoms with van der Waals surface area (Å²) in [4.78, 5) is 3.89. The van der Waals surface area contributed by atoms with Gasteiger partial charge in [0.2, 0.25) is 0 Å². The quantitative estimate of drug-likeness (QED) is 0.739. The summed E-state index contributed by atoms with van der Waals surface area (Å²) in [6.45, 7) is 0. The first-order valence-electron chi connectivity index (χ1n) is 3.71. The second kappa shape index (κ2) is 5.22. The molecule has 0 saturated carbocycles. The highest BCUT2D eigenvalue weighted by Crippen LogP contribution is 2.14. The minimum absolute atomic E-state index is 0.688. The van der Waals surface area contributed by atoms with Crippen molar-refractivity contribution in [1.29, 1.82) is 0 Å². The SMILES string of the molecule is SCCC=Cc1ccncc1Cl. The van der Waals surface area contributed by atoms with Crippen LogP contribution in [0.15, 0.2) is 24.5 Å². The average molecular weight is 200 g/mol. The lowest BCUT2D eigenvalue weighted by molar-refractivity contribution is 1.26. The number of thiol groups is 1. The van der Waals surface area contributed by atoms with Gasteiger partial charge in [-0.15, -0.1) is 0 Å². The molecule has 64 valence electrons. The zero-order valence-electron chi connectivity index (χ0n) is 6.57. The van der Waals surface area contributed by atoms with Gasteiger partial charge in [0.1, 0.15) is 0 Å². The fraction of sp³-hybridized carbons (Fsp3) is 0.222. The van der Waals surface area contributed by atoms with Gasteiger partial charge in [-0.05, 0) is 23.8 Å². The van der Waals surface area contributed by atoms with E-state index < -0.39 is 0 Å². The van der Waals surface area contributed by atoms with Gasteiger partial charge in [-0.3, -0.25) is 4.98 Å². The monoisotopic (exact) mass is 199 g/mol. The number of allylic oxidation sites excluding steroid dienone is 1. The Balaban J connectivity index is 2.68. The van der Waals surface area contributed by atoms with E-state index in [0.717, 1.165) is 17.7 Å². The Kier molecular flexibility index (Phi) is 4.19. The van der Waals surface area contributed by atoms with Crippen LogP contribution in [0.25, 0.3) is 6.08 Å². The van der Waals surface area contributed by atoms with Gasteiger partial charge in [-0.2, -0.15) is 12.6 Å². The van der Waals surface area contributed by atoms with Crippen molar-refractivity contribution in [2.45, 2.75) is 6.42 Å². The van der Waals surface area contributed by atoms with Crippen LogP contribution in [0, 0.1) is 0 Å². The van der Waals surface area contributed by atoms with Gasteiger partial charge in [-0.25, -0.2) is 0 Å². The molecule has 0 saturated heterocycles. The third kappa shape index (κ3) is 2.88. The van der Waals surface area contributed by atoms with Crippen LogP contribution < -0.4 is 0 Å². The molecule has 1 aromatic rings. The summed E-state index contributed by atoms with van der Waals surface area (Å²) in [6.07, 6.45) is 8.37. The van der Waals surface area contributed by atoms with Gasteiger partial charge >= 0.3 is 0 Å². The largest absolute Gasteiger partial charge is 0.263 e. The normalized spacial score (nSPS) is 10.8. The van der Waals surface area contributed by atoms with Crippen LogP contribution in [0.4, 0.5) is 0 Å². The summed E-state index contributed by atoms with van der Waals surface area (Å²) in [5.41, 5.74) is 1.01. The van der Waals surface area contributed by atoms with Crippen LogP contribution >= 0.6 is 24.2 Å². The van der Waals surface area contributed by atoms with E-state index in [1.165, 1.54) is 0 Å². The lowest BCUT2D eigenvalue weighted by atomic mass is 10.2. The molecule has 0 fully saturated rings. The van der Waals surface area contributed by atoms with Crippen molar-refractivity contribution >= 4 is 30.3 Å². The van der Waals surface area contributed by atoms with Crippen molar-refractivity contribution in [2.75, 3.05) is 5.75 Å². The zero-order valence-corrected chi connectivity index (χ0v) is 8.22. The van der Waals surface area contributed by atoms with E-state index in [1.54, 1.807) is 12.4 Å². The number of halogens is 1. The van der Waals surface area contributed by atoms with E-state index in [0.29, 0.717) is 5.02 Å². The average Bonchev–Trinajstić information content (AvgIpc) is 2.09. The highest BCUT2D eigenvalue weighted by Gasteiger charge is 1.92. The number of aromatic nitrogens is 1. The van der Waals surface area contributed by atoms with Crippen molar-refractivity contribution in [2.24, 2.45) is 0 Å². The number of nitrogens with zero attached hydrogens (tertiary/aromatic N) is 1. The molecule has 12 heavy (non-hydrogen) atoms. The lowest BCUT2D eigenvalue weighted by Crippen LogP contribution is -1.76. The predicted octanol–water partition coefficient (Wildman–Crippen LogP) is 3.07. The molecule has 3 heteroatoms. The van der Waals surface area contributed by atoms with Crippen molar-refractivity contribution < 1.29 is 0 Å². The molecule has 0 N–H and O–H groups in total. The molecule has 0 aliphatic heterocycles. The Hall–Kier alpha value is -0.470. The summed E-state index contributed by atoms with van der Waals surface area (Å²) in [5.74, 6) is 0.860. The molecule has 0 unspecified atom stereocenters. The molecule has 1 heterocycles. The second-order valence-electron chi connectivity index (χ2n) is 2.31. The maximum atomic E-state index is 5.87. The molecule has 1 rings (SSSR count). The number of hydrogen-bond donors (Lipinski definition) is 1. The van der Waals surface area contributed by atoms with Crippen LogP contribution in [0.5, 0.6) is 0 Å². The summed E-state index contributed by atoms with van der Waals surface area (Å²) < 4.78 is 0. The van der Waals surface area contributed by atoms with E-state index >= 15 is 0 Å². The molecule has 0 bridgehead atoms. The van der Waals surface area contributed by atoms with Crippen molar-refractivity contribution in [3.05, 3.63) is 35.1 Å². The lowest BCUT2D eigenvalue weighted by Gasteiger charge is -1.94. The van der Waals surface area contributed by atoms with E-state index in [-0.39, 0.29) is 0 Å². The van der Waals surface area contributed by atoms with Crippen molar-refractivity contribution in [3.63, 3.8) is 0 Å². The van der Waals surface area contributed by atoms with E-state index in [9.17, 15) is 0 Å². The van der Waals surface area contributed by atoms with Crippen LogP contribution in [0.1, 0.15) is 12.0 Å². The predicted molar refractivity (Wildman–Crippen MR) is 56.8 cm³/mol. The molecule has 1 aromatic heterocycles. The number of hydrogen-bond acceptors (Lipinski definition) is 2. The molecule has 0 aromatic carbocycles. The molecule has 0 aliphatic rings. The number of pyridine rings is 1. The standard InChI is InChI=1S/C9H10ClNS/c10-9-7-11-5-4-8(9)3-1-2-6-12/h1,3-5,7,12H,2,6H2. The summed E-state index contributed by atoms with van der Waals surface area (Å²) in [7, 11) is 0. The molecule has 0 radical (unpaired) electrons. The van der Waals surface area contributed by atoms with Gasteiger partial charge in [0.05, 0.1) is 5.02 Å². The van der Waals surface area contributed by atoms with Crippen LogP contribution in [-0.2, 0) is 0 Å². The van der Waals surface area contributed by atoms with Gasteiger partial charge in [-0.1, -0.05) is 23.8 Å². The Bertz CT molecular complexity index is 273. The minimum atomic E-state index is 0.688. The van der Waals surface area contributed by atoms with Gasteiger partial charge in [0, 0.05) is 12.4 Å². The highest BCUT2D eigenvalue weighted by molar-refractivity contribution is 7.80. The van der Waals surface area contributed by atoms with E-state index in [4.69, 9.17) is 11.6 Å². The molecule has 0 amide bonds. The van der Waals surface area contributed by atoms with Crippen molar-refractivity contribution in [1.82, 2.24) is 4.98 Å². The van der Waals surface area contributed by atoms with Crippen LogP contribution in [0.3, 0.4) is 0 Å². The smallest absolute Gasteiger partial charge is 0.0661 e. The first kappa shape index (κ1) is 9.62. The molecule has 1 nitrogen and oxygen atoms in total. The van der Waals surface area contributed by atoms with E-state index in [1.807, 2.05) is 18.2 Å². The fourth-order valence-corrected chi connectivity index (χ4v) is 1.14. The highest BCUT2D eigenvalue weighted by atomic mass is 35.5. The first-order valence-corrected chi connectivity index (χ1v) is 4.72. The third-order valence-electron chi connectivity index (χ3n) is 1.40. The van der Waals surface area contributed by atoms with E-state index in [2.05, 4.69) is 17.6 Å². The molecular weight excluding hydrogens is 190 g/mol. The Morgan fingerprint density at radius 2 is 2.42 bits per heavy atom. The Labute approximate surface area is 82.9 Å². The zero-order chi connectivity index (χ0) is 8.81. The minimum Gasteiger partial charge on any atom is -0.263 e. The van der Waals surface area contributed by atoms with Gasteiger partial charge in [0.15, 0.2) is 0 Å². The first-order chi connectivity index (χ1) is 5.84. The third-order valence-corrected chi connectivity index (χ3v) is 1.97. The summed E-state index contributed by atoms with van der Waals surface area (Å²) in [5, 5.41) is 0.688. The molecule has 0 spiro atoms. The fourth-order valence-electron chi connectivity index (χ4n) is 0.806. The summed E-state index contributed by atoms with van der Waals surface area (Å²) in [6, 6.07) is 1.89. The van der Waals surface area contributed by atoms with Crippen LogP contribution in [-0.4, -0.2) is 10.7 Å². The maximum Gasteiger partial charge on any atom is 0.0661 e. The van der Waals surface area contributed by atoms with Gasteiger partial charge in [0.25, 0.3) is 0 Å². The Morgan fingerprint density at radius 3 is 3.08 bits per heavy atom. The maximum absolute atomic E-state index is 5.87.